The Morgan fingerprint density at radius 1 is 1.18 bits per heavy atom. The summed E-state index contributed by atoms with van der Waals surface area (Å²) in [5.74, 6) is 0. The Morgan fingerprint density at radius 2 is 1.73 bits per heavy atom. The molecule has 0 unspecified atom stereocenters. The average Bonchev–Trinajstić information content (AvgIpc) is 2.49. The predicted molar refractivity (Wildman–Crippen MR) is 94.8 cm³/mol. The molecule has 0 N–H and O–H groups in total. The van der Waals surface area contributed by atoms with Crippen LogP contribution in [0.4, 0.5) is 0 Å². The standard InChI is InChI=1S/C17H27O3PSi/c1-15(21(18)19-13-17(2,3)14-20-21)11-12-22(4,5)16-9-7-6-8-10-16/h6-12,15H,13-14H2,1-5H3/b12-11-/t15-/m0/s1. The van der Waals surface area contributed by atoms with Crippen LogP contribution in [0.1, 0.15) is 20.8 Å². The monoisotopic (exact) mass is 338 g/mol. The van der Waals surface area contributed by atoms with Crippen LogP contribution in [-0.4, -0.2) is 26.9 Å². The van der Waals surface area contributed by atoms with E-state index in [0.717, 1.165) is 0 Å². The molecule has 2 rings (SSSR count). The van der Waals surface area contributed by atoms with Gasteiger partial charge < -0.3 is 4.89 Å². The van der Waals surface area contributed by atoms with Crippen molar-refractivity contribution in [3.63, 3.8) is 0 Å². The molecule has 1 aromatic carbocycles. The Bertz CT molecular complexity index is 518. The fourth-order valence-electron chi connectivity index (χ4n) is 2.29. The quantitative estimate of drug-likeness (QED) is 0.625. The third kappa shape index (κ3) is 4.27. The maximum absolute atomic E-state index is 12.8. The van der Waals surface area contributed by atoms with Gasteiger partial charge >= 0.3 is 0 Å². The first kappa shape index (κ1) is 17.8. The lowest BCUT2D eigenvalue weighted by molar-refractivity contribution is -0.234. The molecule has 0 radical (unpaired) electrons. The van der Waals surface area contributed by atoms with E-state index in [2.05, 4.69) is 56.9 Å². The second-order valence-electron chi connectivity index (χ2n) is 7.44. The Balaban J connectivity index is 2.06. The van der Waals surface area contributed by atoms with Crippen molar-refractivity contribution < 1.29 is 13.9 Å². The molecule has 1 aliphatic rings. The number of hydrogen-bond acceptors (Lipinski definition) is 3. The minimum Gasteiger partial charge on any atom is -0.631 e. The summed E-state index contributed by atoms with van der Waals surface area (Å²) in [4.78, 5) is 12.8. The second-order valence-corrected chi connectivity index (χ2v) is 14.2. The van der Waals surface area contributed by atoms with Crippen LogP contribution in [0, 0.1) is 5.41 Å². The van der Waals surface area contributed by atoms with Gasteiger partial charge in [0.05, 0.1) is 0 Å². The van der Waals surface area contributed by atoms with Gasteiger partial charge in [-0.25, -0.2) is 9.05 Å². The van der Waals surface area contributed by atoms with Crippen molar-refractivity contribution in [2.45, 2.75) is 39.5 Å². The molecule has 122 valence electrons. The molecule has 0 aromatic heterocycles. The van der Waals surface area contributed by atoms with E-state index in [9.17, 15) is 4.89 Å². The van der Waals surface area contributed by atoms with E-state index in [0.29, 0.717) is 13.2 Å². The molecular formula is C17H27O3PSi. The van der Waals surface area contributed by atoms with Crippen molar-refractivity contribution in [3.05, 3.63) is 42.1 Å². The molecule has 22 heavy (non-hydrogen) atoms. The van der Waals surface area contributed by atoms with Gasteiger partial charge in [0.2, 0.25) is 7.94 Å². The summed E-state index contributed by atoms with van der Waals surface area (Å²) in [6, 6.07) is 10.5. The molecular weight excluding hydrogens is 311 g/mol. The van der Waals surface area contributed by atoms with E-state index in [1.807, 2.05) is 19.1 Å². The lowest BCUT2D eigenvalue weighted by atomic mass is 9.97. The molecule has 1 fully saturated rings. The molecule has 1 heterocycles. The van der Waals surface area contributed by atoms with Gasteiger partial charge in [-0.15, -0.1) is 0 Å². The van der Waals surface area contributed by atoms with Crippen LogP contribution in [0.25, 0.3) is 0 Å². The molecule has 1 aromatic rings. The molecule has 0 amide bonds. The zero-order valence-corrected chi connectivity index (χ0v) is 16.1. The van der Waals surface area contributed by atoms with Gasteiger partial charge in [0.15, 0.2) is 0 Å². The van der Waals surface area contributed by atoms with Crippen LogP contribution < -0.4 is 10.1 Å². The highest BCUT2D eigenvalue weighted by atomic mass is 31.2. The van der Waals surface area contributed by atoms with Crippen molar-refractivity contribution in [1.29, 1.82) is 0 Å². The number of hydrogen-bond donors (Lipinski definition) is 0. The smallest absolute Gasteiger partial charge is 0.244 e. The van der Waals surface area contributed by atoms with E-state index < -0.39 is 16.0 Å². The Hall–Kier alpha value is -0.513. The first-order valence-electron chi connectivity index (χ1n) is 7.78. The normalized spacial score (nSPS) is 22.6. The molecule has 1 saturated heterocycles. The van der Waals surface area contributed by atoms with Crippen LogP contribution in [-0.2, 0) is 9.05 Å². The minimum atomic E-state index is -3.03. The molecule has 5 heteroatoms. The lowest BCUT2D eigenvalue weighted by Gasteiger charge is -2.40. The highest BCUT2D eigenvalue weighted by Gasteiger charge is 2.44. The predicted octanol–water partition coefficient (Wildman–Crippen LogP) is 3.28. The fraction of sp³-hybridized carbons (Fsp3) is 0.529. The van der Waals surface area contributed by atoms with Gasteiger partial charge in [-0.2, -0.15) is 0 Å². The van der Waals surface area contributed by atoms with Gasteiger partial charge in [-0.1, -0.05) is 68.2 Å². The first-order valence-corrected chi connectivity index (χ1v) is 12.5. The number of benzene rings is 1. The Morgan fingerprint density at radius 3 is 2.27 bits per heavy atom. The van der Waals surface area contributed by atoms with Gasteiger partial charge in [-0.3, -0.25) is 0 Å². The summed E-state index contributed by atoms with van der Waals surface area (Å²) >= 11 is 0. The van der Waals surface area contributed by atoms with Crippen LogP contribution in [0.3, 0.4) is 0 Å². The van der Waals surface area contributed by atoms with E-state index >= 15 is 0 Å². The maximum Gasteiger partial charge on any atom is 0.244 e. The molecule has 0 aliphatic carbocycles. The van der Waals surface area contributed by atoms with Gasteiger partial charge in [0, 0.05) is 5.41 Å². The summed E-state index contributed by atoms with van der Waals surface area (Å²) in [5, 5.41) is 1.36. The molecule has 0 spiro atoms. The maximum atomic E-state index is 12.8. The Kier molecular flexibility index (Phi) is 5.30. The van der Waals surface area contributed by atoms with Crippen molar-refractivity contribution in [2.24, 2.45) is 5.41 Å². The Labute approximate surface area is 135 Å². The van der Waals surface area contributed by atoms with E-state index in [-0.39, 0.29) is 11.1 Å². The molecule has 3 nitrogen and oxygen atoms in total. The van der Waals surface area contributed by atoms with E-state index in [1.54, 1.807) is 0 Å². The van der Waals surface area contributed by atoms with Crippen LogP contribution >= 0.6 is 7.94 Å². The van der Waals surface area contributed by atoms with Crippen molar-refractivity contribution in [1.82, 2.24) is 0 Å². The summed E-state index contributed by atoms with van der Waals surface area (Å²) in [5.41, 5.74) is 1.97. The van der Waals surface area contributed by atoms with Crippen molar-refractivity contribution in [3.8, 4) is 0 Å². The highest BCUT2D eigenvalue weighted by Crippen LogP contribution is 2.61. The largest absolute Gasteiger partial charge is 0.631 e. The van der Waals surface area contributed by atoms with Crippen LogP contribution in [0.5, 0.6) is 0 Å². The summed E-state index contributed by atoms with van der Waals surface area (Å²) in [7, 11) is -4.71. The van der Waals surface area contributed by atoms with Crippen molar-refractivity contribution >= 4 is 21.2 Å². The minimum absolute atomic E-state index is 0.0601. The SMILES string of the molecule is C[C@@H](/C=C\[Si](C)(C)c1ccccc1)[P+]1([O-])OCC(C)(C)CO1. The third-order valence-electron chi connectivity index (χ3n) is 4.08. The summed E-state index contributed by atoms with van der Waals surface area (Å²) < 4.78 is 11.2. The van der Waals surface area contributed by atoms with E-state index in [4.69, 9.17) is 9.05 Å². The summed E-state index contributed by atoms with van der Waals surface area (Å²) in [6.07, 6.45) is 2.03. The molecule has 0 saturated carbocycles. The highest BCUT2D eigenvalue weighted by molar-refractivity contribution is 7.60. The third-order valence-corrected chi connectivity index (χ3v) is 9.07. The molecule has 0 bridgehead atoms. The summed E-state index contributed by atoms with van der Waals surface area (Å²) in [6.45, 7) is 11.6. The van der Waals surface area contributed by atoms with E-state index in [1.165, 1.54) is 5.19 Å². The van der Waals surface area contributed by atoms with Gasteiger partial charge in [-0.05, 0) is 13.0 Å². The lowest BCUT2D eigenvalue weighted by Crippen LogP contribution is -2.40. The average molecular weight is 338 g/mol. The first-order chi connectivity index (χ1) is 10.1. The number of rotatable bonds is 4. The zero-order chi connectivity index (χ0) is 16.4. The van der Waals surface area contributed by atoms with Gasteiger partial charge in [0.25, 0.3) is 0 Å². The topological polar surface area (TPSA) is 41.5 Å². The fourth-order valence-corrected chi connectivity index (χ4v) is 6.37. The zero-order valence-electron chi connectivity index (χ0n) is 14.2. The second kappa shape index (κ2) is 6.54. The van der Waals surface area contributed by atoms with Crippen LogP contribution in [0.15, 0.2) is 42.1 Å². The molecule has 1 aliphatic heterocycles. The van der Waals surface area contributed by atoms with Gasteiger partial charge in [0.1, 0.15) is 26.9 Å². The van der Waals surface area contributed by atoms with Crippen LogP contribution in [0.2, 0.25) is 13.1 Å². The van der Waals surface area contributed by atoms with Crippen molar-refractivity contribution in [2.75, 3.05) is 13.2 Å². The molecule has 1 atom stereocenters. The number of allylic oxidation sites excluding steroid dienone is 1.